The highest BCUT2D eigenvalue weighted by molar-refractivity contribution is 5.93. The molecule has 0 saturated heterocycles. The molecular formula is C21H27NO4. The summed E-state index contributed by atoms with van der Waals surface area (Å²) in [4.78, 5) is 12.3. The first kappa shape index (κ1) is 19.8. The minimum atomic E-state index is -0.236. The smallest absolute Gasteiger partial charge is 0.262 e. The summed E-state index contributed by atoms with van der Waals surface area (Å²) >= 11 is 0. The fourth-order valence-corrected chi connectivity index (χ4v) is 2.39. The molecule has 0 bridgehead atoms. The predicted molar refractivity (Wildman–Crippen MR) is 103 cm³/mol. The number of aryl methyl sites for hydroxylation is 1. The van der Waals surface area contributed by atoms with Gasteiger partial charge in [-0.25, -0.2) is 0 Å². The molecule has 5 heteroatoms. The number of amides is 1. The Hall–Kier alpha value is -2.53. The Morgan fingerprint density at radius 1 is 1.08 bits per heavy atom. The van der Waals surface area contributed by atoms with Gasteiger partial charge in [0.2, 0.25) is 0 Å². The van der Waals surface area contributed by atoms with Crippen LogP contribution in [0.15, 0.2) is 42.5 Å². The minimum Gasteiger partial charge on any atom is -0.489 e. The number of ether oxygens (including phenoxy) is 3. The van der Waals surface area contributed by atoms with Crippen LogP contribution in [0.2, 0.25) is 0 Å². The molecule has 0 aliphatic heterocycles. The van der Waals surface area contributed by atoms with E-state index in [-0.39, 0.29) is 12.5 Å². The summed E-state index contributed by atoms with van der Waals surface area (Å²) < 4.78 is 16.3. The van der Waals surface area contributed by atoms with Gasteiger partial charge in [-0.1, -0.05) is 32.0 Å². The van der Waals surface area contributed by atoms with E-state index < -0.39 is 0 Å². The van der Waals surface area contributed by atoms with E-state index in [0.29, 0.717) is 36.3 Å². The summed E-state index contributed by atoms with van der Waals surface area (Å²) in [6.07, 6.45) is 0. The highest BCUT2D eigenvalue weighted by Crippen LogP contribution is 2.26. The van der Waals surface area contributed by atoms with Crippen LogP contribution in [-0.2, 0) is 9.53 Å². The van der Waals surface area contributed by atoms with Crippen molar-refractivity contribution in [1.82, 2.24) is 0 Å². The molecule has 1 amide bonds. The maximum Gasteiger partial charge on any atom is 0.262 e. The summed E-state index contributed by atoms with van der Waals surface area (Å²) in [5.74, 6) is 1.48. The van der Waals surface area contributed by atoms with Gasteiger partial charge in [-0.05, 0) is 48.2 Å². The number of carbonyl (C=O) groups is 1. The molecule has 2 rings (SSSR count). The second kappa shape index (κ2) is 9.82. The molecule has 0 fully saturated rings. The Kier molecular flexibility index (Phi) is 7.48. The lowest BCUT2D eigenvalue weighted by Crippen LogP contribution is -2.21. The van der Waals surface area contributed by atoms with Crippen molar-refractivity contribution in [1.29, 1.82) is 0 Å². The Bertz CT molecular complexity index is 728. The molecule has 0 aliphatic rings. The zero-order chi connectivity index (χ0) is 18.9. The number of rotatable bonds is 9. The fraction of sp³-hybridized carbons (Fsp3) is 0.381. The first-order valence-corrected chi connectivity index (χ1v) is 8.74. The second-order valence-corrected chi connectivity index (χ2v) is 6.40. The van der Waals surface area contributed by atoms with Gasteiger partial charge in [0, 0.05) is 7.11 Å². The summed E-state index contributed by atoms with van der Waals surface area (Å²) in [6.45, 7) is 7.05. The summed E-state index contributed by atoms with van der Waals surface area (Å²) in [5, 5.41) is 2.84. The molecule has 0 unspecified atom stereocenters. The van der Waals surface area contributed by atoms with E-state index in [4.69, 9.17) is 14.2 Å². The highest BCUT2D eigenvalue weighted by atomic mass is 16.5. The van der Waals surface area contributed by atoms with Gasteiger partial charge in [0.1, 0.15) is 18.1 Å². The molecule has 0 aromatic heterocycles. The van der Waals surface area contributed by atoms with E-state index >= 15 is 0 Å². The van der Waals surface area contributed by atoms with Crippen molar-refractivity contribution in [2.45, 2.75) is 26.7 Å². The molecule has 140 valence electrons. The lowest BCUT2D eigenvalue weighted by atomic mass is 10.0. The van der Waals surface area contributed by atoms with Crippen molar-refractivity contribution in [3.63, 3.8) is 0 Å². The van der Waals surface area contributed by atoms with Crippen LogP contribution in [0.25, 0.3) is 0 Å². The number of hydrogen-bond acceptors (Lipinski definition) is 4. The van der Waals surface area contributed by atoms with Gasteiger partial charge < -0.3 is 19.5 Å². The molecule has 0 spiro atoms. The quantitative estimate of drug-likeness (QED) is 0.685. The molecule has 0 atom stereocenters. The maximum atomic E-state index is 12.3. The summed E-state index contributed by atoms with van der Waals surface area (Å²) in [5.41, 5.74) is 2.85. The van der Waals surface area contributed by atoms with E-state index in [1.54, 1.807) is 7.11 Å². The van der Waals surface area contributed by atoms with E-state index in [0.717, 1.165) is 5.56 Å². The SMILES string of the molecule is COCCOc1cc(C)ccc1NC(=O)COc1cccc(C(C)C)c1. The third-order valence-corrected chi connectivity index (χ3v) is 3.85. The molecule has 2 aromatic carbocycles. The molecule has 2 aromatic rings. The van der Waals surface area contributed by atoms with Crippen molar-refractivity contribution >= 4 is 11.6 Å². The molecule has 5 nitrogen and oxygen atoms in total. The van der Waals surface area contributed by atoms with Gasteiger partial charge in [0.25, 0.3) is 5.91 Å². The number of anilines is 1. The van der Waals surface area contributed by atoms with Gasteiger partial charge in [0.05, 0.1) is 12.3 Å². The fourth-order valence-electron chi connectivity index (χ4n) is 2.39. The van der Waals surface area contributed by atoms with Crippen LogP contribution < -0.4 is 14.8 Å². The Balaban J connectivity index is 1.96. The van der Waals surface area contributed by atoms with E-state index in [2.05, 4.69) is 19.2 Å². The minimum absolute atomic E-state index is 0.0626. The zero-order valence-corrected chi connectivity index (χ0v) is 15.9. The van der Waals surface area contributed by atoms with Crippen molar-refractivity contribution in [3.05, 3.63) is 53.6 Å². The Morgan fingerprint density at radius 3 is 2.62 bits per heavy atom. The largest absolute Gasteiger partial charge is 0.489 e. The van der Waals surface area contributed by atoms with Crippen molar-refractivity contribution in [2.75, 3.05) is 32.2 Å². The number of benzene rings is 2. The van der Waals surface area contributed by atoms with Gasteiger partial charge in [-0.15, -0.1) is 0 Å². The molecular weight excluding hydrogens is 330 g/mol. The van der Waals surface area contributed by atoms with Crippen LogP contribution in [0.4, 0.5) is 5.69 Å². The molecule has 1 N–H and O–H groups in total. The van der Waals surface area contributed by atoms with Gasteiger partial charge in [-0.3, -0.25) is 4.79 Å². The average Bonchev–Trinajstić information content (AvgIpc) is 2.62. The third-order valence-electron chi connectivity index (χ3n) is 3.85. The number of methoxy groups -OCH3 is 1. The molecule has 0 radical (unpaired) electrons. The van der Waals surface area contributed by atoms with E-state index in [1.807, 2.05) is 49.4 Å². The van der Waals surface area contributed by atoms with Gasteiger partial charge in [0.15, 0.2) is 6.61 Å². The summed E-state index contributed by atoms with van der Waals surface area (Å²) in [7, 11) is 1.62. The van der Waals surface area contributed by atoms with E-state index in [9.17, 15) is 4.79 Å². The number of hydrogen-bond donors (Lipinski definition) is 1. The topological polar surface area (TPSA) is 56.8 Å². The first-order valence-electron chi connectivity index (χ1n) is 8.74. The van der Waals surface area contributed by atoms with Crippen LogP contribution in [0.5, 0.6) is 11.5 Å². The molecule has 0 heterocycles. The average molecular weight is 357 g/mol. The summed E-state index contributed by atoms with van der Waals surface area (Å²) in [6, 6.07) is 13.4. The first-order chi connectivity index (χ1) is 12.5. The Morgan fingerprint density at radius 2 is 1.88 bits per heavy atom. The maximum absolute atomic E-state index is 12.3. The Labute approximate surface area is 155 Å². The van der Waals surface area contributed by atoms with Crippen molar-refractivity contribution < 1.29 is 19.0 Å². The van der Waals surface area contributed by atoms with Crippen molar-refractivity contribution in [3.8, 4) is 11.5 Å². The standard InChI is InChI=1S/C21H27NO4/c1-15(2)17-6-5-7-18(13-17)26-14-21(23)22-19-9-8-16(3)12-20(19)25-11-10-24-4/h5-9,12-13,15H,10-11,14H2,1-4H3,(H,22,23). The van der Waals surface area contributed by atoms with Gasteiger partial charge >= 0.3 is 0 Å². The number of nitrogens with one attached hydrogen (secondary N) is 1. The normalized spacial score (nSPS) is 10.7. The van der Waals surface area contributed by atoms with Crippen LogP contribution in [0.3, 0.4) is 0 Å². The lowest BCUT2D eigenvalue weighted by Gasteiger charge is -2.14. The third kappa shape index (κ3) is 6.08. The van der Waals surface area contributed by atoms with Crippen LogP contribution >= 0.6 is 0 Å². The van der Waals surface area contributed by atoms with Crippen LogP contribution in [0.1, 0.15) is 30.9 Å². The van der Waals surface area contributed by atoms with Gasteiger partial charge in [-0.2, -0.15) is 0 Å². The highest BCUT2D eigenvalue weighted by Gasteiger charge is 2.10. The van der Waals surface area contributed by atoms with Crippen LogP contribution in [-0.4, -0.2) is 32.8 Å². The second-order valence-electron chi connectivity index (χ2n) is 6.40. The van der Waals surface area contributed by atoms with E-state index in [1.165, 1.54) is 5.56 Å². The molecule has 0 saturated carbocycles. The molecule has 0 aliphatic carbocycles. The van der Waals surface area contributed by atoms with Crippen molar-refractivity contribution in [2.24, 2.45) is 0 Å². The predicted octanol–water partition coefficient (Wildman–Crippen LogP) is 4.16. The lowest BCUT2D eigenvalue weighted by molar-refractivity contribution is -0.118. The number of carbonyl (C=O) groups excluding carboxylic acids is 1. The zero-order valence-electron chi connectivity index (χ0n) is 15.9. The molecule has 26 heavy (non-hydrogen) atoms. The monoisotopic (exact) mass is 357 g/mol. The van der Waals surface area contributed by atoms with Crippen LogP contribution in [0, 0.1) is 6.92 Å².